The number of benzene rings is 4. The second-order valence-corrected chi connectivity index (χ2v) is 16.1. The van der Waals surface area contributed by atoms with E-state index in [9.17, 15) is 38.4 Å². The standard InChI is InChI=1S/C22H16N2O8S2.C16H16N2O2S2.CH4/c25-17-7-8-18(26)23(17)31-21(29)13-3-1-5-15(11-13)33-34-16-6-2-4-14(12-16)22(30)32-24-19(27)9-10-20(24)28;1-17-15(19)11-5-3-7-13(9-11)21-22-14-8-4-6-12(10-14)16(20)18-2;/h1-6,11-12H,7-10H2;3-10H,1-2H3,(H,17,19)(H,18,20);1H4. The molecule has 4 aromatic rings. The summed E-state index contributed by atoms with van der Waals surface area (Å²) in [6.45, 7) is 0. The number of carbonyl (C=O) groups excluding carboxylic acids is 8. The summed E-state index contributed by atoms with van der Waals surface area (Å²) < 4.78 is 0. The molecule has 2 aliphatic heterocycles. The lowest BCUT2D eigenvalue weighted by atomic mass is 10.2. The van der Waals surface area contributed by atoms with Gasteiger partial charge in [-0.2, -0.15) is 0 Å². The second-order valence-electron chi connectivity index (χ2n) is 11.5. The predicted molar refractivity (Wildman–Crippen MR) is 216 cm³/mol. The average Bonchev–Trinajstić information content (AvgIpc) is 3.72. The van der Waals surface area contributed by atoms with Crippen LogP contribution in [0.15, 0.2) is 117 Å². The molecule has 2 fully saturated rings. The molecule has 57 heavy (non-hydrogen) atoms. The van der Waals surface area contributed by atoms with Gasteiger partial charge in [-0.3, -0.25) is 28.8 Å². The van der Waals surface area contributed by atoms with Crippen molar-refractivity contribution in [1.29, 1.82) is 0 Å². The maximum atomic E-state index is 12.3. The topological polar surface area (TPSA) is 186 Å². The van der Waals surface area contributed by atoms with Crippen LogP contribution in [0.5, 0.6) is 0 Å². The smallest absolute Gasteiger partial charge is 0.355 e. The fraction of sp³-hybridized carbons (Fsp3) is 0.179. The van der Waals surface area contributed by atoms with Crippen molar-refractivity contribution in [3.05, 3.63) is 119 Å². The number of amides is 6. The Bertz CT molecular complexity index is 2020. The van der Waals surface area contributed by atoms with Crippen LogP contribution in [0, 0.1) is 0 Å². The van der Waals surface area contributed by atoms with Crippen molar-refractivity contribution < 1.29 is 48.0 Å². The molecule has 6 rings (SSSR count). The summed E-state index contributed by atoms with van der Waals surface area (Å²) >= 11 is 0. The fourth-order valence-electron chi connectivity index (χ4n) is 4.80. The average molecular weight is 849 g/mol. The Morgan fingerprint density at radius 2 is 0.737 bits per heavy atom. The van der Waals surface area contributed by atoms with Crippen LogP contribution in [0.3, 0.4) is 0 Å². The number of nitrogens with one attached hydrogen (secondary N) is 2. The number of hydroxylamine groups is 4. The highest BCUT2D eigenvalue weighted by atomic mass is 33.1. The first-order chi connectivity index (χ1) is 26.9. The van der Waals surface area contributed by atoms with Crippen molar-refractivity contribution in [2.45, 2.75) is 52.7 Å². The molecule has 2 heterocycles. The fourth-order valence-corrected chi connectivity index (χ4v) is 8.82. The third-order valence-corrected chi connectivity index (χ3v) is 12.4. The molecule has 6 amide bonds. The van der Waals surface area contributed by atoms with Gasteiger partial charge in [-0.1, -0.05) is 74.9 Å². The Balaban J connectivity index is 0.000000272. The van der Waals surface area contributed by atoms with Crippen molar-refractivity contribution in [1.82, 2.24) is 20.8 Å². The Morgan fingerprint density at radius 3 is 1.02 bits per heavy atom. The highest BCUT2D eigenvalue weighted by Crippen LogP contribution is 2.39. The highest BCUT2D eigenvalue weighted by Gasteiger charge is 2.34. The molecule has 0 saturated carbocycles. The Labute approximate surface area is 343 Å². The Kier molecular flexibility index (Phi) is 16.3. The van der Waals surface area contributed by atoms with E-state index in [1.807, 2.05) is 36.4 Å². The zero-order chi connectivity index (χ0) is 40.2. The zero-order valence-corrected chi connectivity index (χ0v) is 32.9. The van der Waals surface area contributed by atoms with Crippen molar-refractivity contribution >= 4 is 90.6 Å². The van der Waals surface area contributed by atoms with Crippen molar-refractivity contribution in [3.63, 3.8) is 0 Å². The molecular weight excluding hydrogens is 813 g/mol. The van der Waals surface area contributed by atoms with Gasteiger partial charge in [0.25, 0.3) is 35.4 Å². The summed E-state index contributed by atoms with van der Waals surface area (Å²) in [5, 5.41) is 6.20. The molecule has 0 unspecified atom stereocenters. The molecule has 18 heteroatoms. The first kappa shape index (κ1) is 44.2. The molecular formula is C39H36N4O10S4. The summed E-state index contributed by atoms with van der Waals surface area (Å²) in [7, 11) is 8.91. The van der Waals surface area contributed by atoms with Gasteiger partial charge in [0.1, 0.15) is 0 Å². The highest BCUT2D eigenvalue weighted by molar-refractivity contribution is 8.77. The predicted octanol–water partition coefficient (Wildman–Crippen LogP) is 6.77. The van der Waals surface area contributed by atoms with E-state index in [1.165, 1.54) is 33.7 Å². The van der Waals surface area contributed by atoms with Crippen molar-refractivity contribution in [2.75, 3.05) is 14.1 Å². The zero-order valence-electron chi connectivity index (χ0n) is 29.7. The van der Waals surface area contributed by atoms with E-state index in [4.69, 9.17) is 9.68 Å². The lowest BCUT2D eigenvalue weighted by Crippen LogP contribution is -2.32. The van der Waals surface area contributed by atoms with Crippen LogP contribution in [0.4, 0.5) is 0 Å². The summed E-state index contributed by atoms with van der Waals surface area (Å²) in [5.41, 5.74) is 1.59. The maximum Gasteiger partial charge on any atom is 0.363 e. The number of nitrogens with zero attached hydrogens (tertiary/aromatic N) is 2. The molecule has 2 saturated heterocycles. The van der Waals surface area contributed by atoms with E-state index in [0.29, 0.717) is 31.0 Å². The van der Waals surface area contributed by atoms with Crippen LogP contribution in [0.2, 0.25) is 0 Å². The first-order valence-electron chi connectivity index (χ1n) is 16.7. The summed E-state index contributed by atoms with van der Waals surface area (Å²) in [6, 6.07) is 27.7. The number of imide groups is 2. The van der Waals surface area contributed by atoms with Gasteiger partial charge in [0.15, 0.2) is 0 Å². The number of carbonyl (C=O) groups is 8. The van der Waals surface area contributed by atoms with Gasteiger partial charge >= 0.3 is 11.9 Å². The lowest BCUT2D eigenvalue weighted by molar-refractivity contribution is -0.173. The lowest BCUT2D eigenvalue weighted by Gasteiger charge is -2.13. The van der Waals surface area contributed by atoms with Crippen LogP contribution >= 0.6 is 43.2 Å². The second kappa shape index (κ2) is 21.1. The van der Waals surface area contributed by atoms with E-state index in [0.717, 1.165) is 9.79 Å². The summed E-state index contributed by atoms with van der Waals surface area (Å²) in [5.74, 6) is -4.10. The molecule has 2 N–H and O–H groups in total. The van der Waals surface area contributed by atoms with E-state index in [2.05, 4.69) is 10.6 Å². The molecule has 296 valence electrons. The quantitative estimate of drug-likeness (QED) is 0.112. The number of hydrogen-bond acceptors (Lipinski definition) is 14. The molecule has 0 bridgehead atoms. The SMILES string of the molecule is C.CNC(=O)c1cccc(SSc2cccc(C(=O)NC)c2)c1.O=C(ON1C(=O)CCC1=O)c1cccc(SSc2cccc(C(=O)ON3C(=O)CCC3=O)c2)c1. The molecule has 0 spiro atoms. The monoisotopic (exact) mass is 848 g/mol. The van der Waals surface area contributed by atoms with Crippen LogP contribution in [-0.2, 0) is 28.9 Å². The Hall–Kier alpha value is -5.56. The van der Waals surface area contributed by atoms with E-state index in [-0.39, 0.29) is 56.1 Å². The molecule has 2 aliphatic rings. The third kappa shape index (κ3) is 12.2. The number of hydrogen-bond donors (Lipinski definition) is 2. The van der Waals surface area contributed by atoms with Gasteiger partial charge in [0.05, 0.1) is 11.1 Å². The number of rotatable bonds is 12. The van der Waals surface area contributed by atoms with Gasteiger partial charge in [-0.25, -0.2) is 9.59 Å². The van der Waals surface area contributed by atoms with Crippen molar-refractivity contribution in [3.8, 4) is 0 Å². The minimum Gasteiger partial charge on any atom is -0.355 e. The van der Waals surface area contributed by atoms with Gasteiger partial charge in [0.2, 0.25) is 0 Å². The third-order valence-electron chi connectivity index (χ3n) is 7.61. The molecule has 4 aromatic carbocycles. The summed E-state index contributed by atoms with van der Waals surface area (Å²) in [6.07, 6.45) is 0.0393. The molecule has 0 aliphatic carbocycles. The first-order valence-corrected chi connectivity index (χ1v) is 20.9. The minimum atomic E-state index is -0.827. The van der Waals surface area contributed by atoms with E-state index >= 15 is 0 Å². The van der Waals surface area contributed by atoms with Crippen molar-refractivity contribution in [2.24, 2.45) is 0 Å². The molecule has 0 radical (unpaired) electrons. The maximum absolute atomic E-state index is 12.3. The van der Waals surface area contributed by atoms with Crippen LogP contribution < -0.4 is 10.6 Å². The van der Waals surface area contributed by atoms with Gasteiger partial charge in [0, 0.05) is 70.5 Å². The van der Waals surface area contributed by atoms with Crippen LogP contribution in [0.1, 0.15) is 74.5 Å². The van der Waals surface area contributed by atoms with Crippen LogP contribution in [-0.4, -0.2) is 71.6 Å². The molecule has 14 nitrogen and oxygen atoms in total. The molecule has 0 aromatic heterocycles. The minimum absolute atomic E-state index is 0. The van der Waals surface area contributed by atoms with E-state index < -0.39 is 35.6 Å². The largest absolute Gasteiger partial charge is 0.363 e. The summed E-state index contributed by atoms with van der Waals surface area (Å²) in [4.78, 5) is 108. The normalized spacial score (nSPS) is 13.3. The van der Waals surface area contributed by atoms with Gasteiger partial charge in [-0.15, -0.1) is 10.1 Å². The molecule has 0 atom stereocenters. The van der Waals surface area contributed by atoms with Crippen LogP contribution in [0.25, 0.3) is 0 Å². The Morgan fingerprint density at radius 1 is 0.474 bits per heavy atom. The van der Waals surface area contributed by atoms with Gasteiger partial charge in [-0.05, 0) is 72.8 Å². The van der Waals surface area contributed by atoms with E-state index in [1.54, 1.807) is 84.2 Å². The van der Waals surface area contributed by atoms with Gasteiger partial charge < -0.3 is 20.3 Å².